The highest BCUT2D eigenvalue weighted by Crippen LogP contribution is 2.11. The van der Waals surface area contributed by atoms with Gasteiger partial charge in [0.25, 0.3) is 5.56 Å². The van der Waals surface area contributed by atoms with Crippen molar-refractivity contribution in [3.05, 3.63) is 69.1 Å². The van der Waals surface area contributed by atoms with Crippen LogP contribution in [-0.4, -0.2) is 10.4 Å². The lowest BCUT2D eigenvalue weighted by molar-refractivity contribution is 0.103. The van der Waals surface area contributed by atoms with Crippen molar-refractivity contribution in [3.8, 4) is 0 Å². The molecule has 1 aromatic carbocycles. The Labute approximate surface area is 106 Å². The Bertz CT molecular complexity index is 654. The van der Waals surface area contributed by atoms with Crippen LogP contribution in [0.1, 0.15) is 27.2 Å². The first-order chi connectivity index (χ1) is 8.52. The van der Waals surface area contributed by atoms with Crippen LogP contribution in [0.2, 0.25) is 0 Å². The number of carbonyl (C=O) groups is 1. The summed E-state index contributed by atoms with van der Waals surface area (Å²) in [7, 11) is 1.68. The Balaban J connectivity index is 2.63. The van der Waals surface area contributed by atoms with Gasteiger partial charge in [-0.05, 0) is 25.5 Å². The Morgan fingerprint density at radius 2 is 1.72 bits per heavy atom. The Kier molecular flexibility index (Phi) is 3.15. The quantitative estimate of drug-likeness (QED) is 0.756. The number of pyridine rings is 1. The maximum atomic E-state index is 12.3. The zero-order valence-electron chi connectivity index (χ0n) is 10.7. The summed E-state index contributed by atoms with van der Waals surface area (Å²) in [6, 6.07) is 10.7. The van der Waals surface area contributed by atoms with Crippen LogP contribution in [0.25, 0.3) is 0 Å². The van der Waals surface area contributed by atoms with E-state index >= 15 is 0 Å². The van der Waals surface area contributed by atoms with Crippen molar-refractivity contribution >= 4 is 5.78 Å². The molecule has 0 N–H and O–H groups in total. The Morgan fingerprint density at radius 1 is 1.11 bits per heavy atom. The molecule has 3 heteroatoms. The van der Waals surface area contributed by atoms with E-state index in [-0.39, 0.29) is 16.9 Å². The summed E-state index contributed by atoms with van der Waals surface area (Å²) in [5.74, 6) is -0.214. The van der Waals surface area contributed by atoms with Crippen LogP contribution >= 0.6 is 0 Å². The summed E-state index contributed by atoms with van der Waals surface area (Å²) in [6.07, 6.45) is 0. The normalized spacial score (nSPS) is 10.4. The first-order valence-corrected chi connectivity index (χ1v) is 5.79. The van der Waals surface area contributed by atoms with Gasteiger partial charge in [-0.2, -0.15) is 0 Å². The number of carbonyl (C=O) groups excluding carboxylic acids is 1. The van der Waals surface area contributed by atoms with Crippen LogP contribution in [0.3, 0.4) is 0 Å². The second-order valence-electron chi connectivity index (χ2n) is 4.40. The Morgan fingerprint density at radius 3 is 2.33 bits per heavy atom. The fourth-order valence-corrected chi connectivity index (χ4v) is 1.99. The van der Waals surface area contributed by atoms with E-state index < -0.39 is 0 Å². The summed E-state index contributed by atoms with van der Waals surface area (Å²) in [5, 5.41) is 0. The number of nitrogens with zero attached hydrogens (tertiary/aromatic N) is 1. The first-order valence-electron chi connectivity index (χ1n) is 5.79. The van der Waals surface area contributed by atoms with Gasteiger partial charge >= 0.3 is 0 Å². The third kappa shape index (κ3) is 1.99. The lowest BCUT2D eigenvalue weighted by Crippen LogP contribution is -2.27. The smallest absolute Gasteiger partial charge is 0.262 e. The second-order valence-corrected chi connectivity index (χ2v) is 4.40. The van der Waals surface area contributed by atoms with Crippen LogP contribution in [0, 0.1) is 13.8 Å². The minimum absolute atomic E-state index is 0.214. The summed E-state index contributed by atoms with van der Waals surface area (Å²) in [5.41, 5.74) is 2.14. The minimum atomic E-state index is -0.235. The summed E-state index contributed by atoms with van der Waals surface area (Å²) < 4.78 is 1.50. The fourth-order valence-electron chi connectivity index (χ4n) is 1.99. The highest BCUT2D eigenvalue weighted by atomic mass is 16.1. The number of aromatic nitrogens is 1. The largest absolute Gasteiger partial charge is 0.315 e. The molecule has 1 heterocycles. The molecule has 0 spiro atoms. The number of aryl methyl sites for hydroxylation is 2. The second kappa shape index (κ2) is 4.61. The molecule has 0 aliphatic carbocycles. The molecule has 18 heavy (non-hydrogen) atoms. The lowest BCUT2D eigenvalue weighted by Gasteiger charge is -2.09. The monoisotopic (exact) mass is 241 g/mol. The zero-order chi connectivity index (χ0) is 13.3. The van der Waals surface area contributed by atoms with E-state index in [0.717, 1.165) is 11.3 Å². The molecular formula is C15H15NO2. The van der Waals surface area contributed by atoms with Crippen molar-refractivity contribution in [2.45, 2.75) is 13.8 Å². The maximum Gasteiger partial charge on any atom is 0.262 e. The third-order valence-corrected chi connectivity index (χ3v) is 3.13. The van der Waals surface area contributed by atoms with Gasteiger partial charge in [-0.25, -0.2) is 0 Å². The van der Waals surface area contributed by atoms with Gasteiger partial charge in [-0.1, -0.05) is 30.3 Å². The van der Waals surface area contributed by atoms with Crippen molar-refractivity contribution in [3.63, 3.8) is 0 Å². The molecule has 0 amide bonds. The maximum absolute atomic E-state index is 12.3. The molecule has 2 rings (SSSR count). The van der Waals surface area contributed by atoms with Crippen molar-refractivity contribution in [2.75, 3.05) is 0 Å². The van der Waals surface area contributed by atoms with Crippen molar-refractivity contribution in [1.29, 1.82) is 0 Å². The fraction of sp³-hybridized carbons (Fsp3) is 0.200. The van der Waals surface area contributed by atoms with Crippen LogP contribution in [-0.2, 0) is 7.05 Å². The molecule has 1 aromatic heterocycles. The van der Waals surface area contributed by atoms with Gasteiger partial charge in [-0.15, -0.1) is 0 Å². The summed E-state index contributed by atoms with van der Waals surface area (Å²) in [6.45, 7) is 3.65. The summed E-state index contributed by atoms with van der Waals surface area (Å²) >= 11 is 0. The van der Waals surface area contributed by atoms with Crippen molar-refractivity contribution < 1.29 is 4.79 Å². The number of hydrogen-bond donors (Lipinski definition) is 0. The minimum Gasteiger partial charge on any atom is -0.315 e. The molecule has 0 bridgehead atoms. The highest BCUT2D eigenvalue weighted by Gasteiger charge is 2.17. The van der Waals surface area contributed by atoms with Crippen LogP contribution in [0.5, 0.6) is 0 Å². The van der Waals surface area contributed by atoms with E-state index in [1.54, 1.807) is 38.2 Å². The van der Waals surface area contributed by atoms with Gasteiger partial charge in [0.15, 0.2) is 5.78 Å². The average Bonchev–Trinajstić information content (AvgIpc) is 2.37. The zero-order valence-corrected chi connectivity index (χ0v) is 10.7. The molecule has 0 fully saturated rings. The molecule has 0 saturated carbocycles. The van der Waals surface area contributed by atoms with E-state index in [2.05, 4.69) is 0 Å². The van der Waals surface area contributed by atoms with Gasteiger partial charge in [0.05, 0.1) is 5.56 Å². The van der Waals surface area contributed by atoms with E-state index in [4.69, 9.17) is 0 Å². The third-order valence-electron chi connectivity index (χ3n) is 3.13. The Hall–Kier alpha value is -2.16. The summed E-state index contributed by atoms with van der Waals surface area (Å²) in [4.78, 5) is 24.5. The molecule has 0 radical (unpaired) electrons. The van der Waals surface area contributed by atoms with E-state index in [1.165, 1.54) is 4.57 Å². The average molecular weight is 241 g/mol. The highest BCUT2D eigenvalue weighted by molar-refractivity contribution is 6.09. The SMILES string of the molecule is Cc1cc(C)n(C)c(=O)c1C(=O)c1ccccc1. The lowest BCUT2D eigenvalue weighted by atomic mass is 10.00. The van der Waals surface area contributed by atoms with Gasteiger partial charge < -0.3 is 4.57 Å². The van der Waals surface area contributed by atoms with Crippen LogP contribution in [0.4, 0.5) is 0 Å². The van der Waals surface area contributed by atoms with Gasteiger partial charge in [0.2, 0.25) is 0 Å². The number of rotatable bonds is 2. The number of benzene rings is 1. The van der Waals surface area contributed by atoms with Gasteiger partial charge in [0.1, 0.15) is 0 Å². The predicted octanol–water partition coefficient (Wildman–Crippen LogP) is 2.23. The van der Waals surface area contributed by atoms with Crippen molar-refractivity contribution in [2.24, 2.45) is 7.05 Å². The molecule has 3 nitrogen and oxygen atoms in total. The number of ketones is 1. The molecule has 0 aliphatic rings. The molecule has 0 saturated heterocycles. The molecular weight excluding hydrogens is 226 g/mol. The molecule has 0 unspecified atom stereocenters. The van der Waals surface area contributed by atoms with Crippen LogP contribution < -0.4 is 5.56 Å². The first kappa shape index (κ1) is 12.3. The van der Waals surface area contributed by atoms with E-state index in [1.807, 2.05) is 19.1 Å². The van der Waals surface area contributed by atoms with Gasteiger partial charge in [0, 0.05) is 18.3 Å². The molecule has 0 atom stereocenters. The molecule has 92 valence electrons. The van der Waals surface area contributed by atoms with E-state index in [9.17, 15) is 9.59 Å². The van der Waals surface area contributed by atoms with Gasteiger partial charge in [-0.3, -0.25) is 9.59 Å². The molecule has 0 aliphatic heterocycles. The van der Waals surface area contributed by atoms with E-state index in [0.29, 0.717) is 5.56 Å². The van der Waals surface area contributed by atoms with Crippen LogP contribution in [0.15, 0.2) is 41.2 Å². The standard InChI is InChI=1S/C15H15NO2/c1-10-9-11(2)16(3)15(18)13(10)14(17)12-7-5-4-6-8-12/h4-9H,1-3H3. The van der Waals surface area contributed by atoms with Crippen molar-refractivity contribution in [1.82, 2.24) is 4.57 Å². The number of hydrogen-bond acceptors (Lipinski definition) is 2. The predicted molar refractivity (Wildman–Crippen MR) is 71.0 cm³/mol. The molecule has 2 aromatic rings. The topological polar surface area (TPSA) is 39.1 Å².